The molecule has 1 aliphatic rings. The molecule has 0 bridgehead atoms. The van der Waals surface area contributed by atoms with E-state index in [-0.39, 0.29) is 5.75 Å². The maximum atomic E-state index is 10.5. The number of thiophene rings is 1. The molecular formula is C26H20N2OS2. The molecule has 152 valence electrons. The summed E-state index contributed by atoms with van der Waals surface area (Å²) in [6.07, 6.45) is 6.49. The van der Waals surface area contributed by atoms with Gasteiger partial charge in [-0.3, -0.25) is 0 Å². The van der Waals surface area contributed by atoms with Crippen LogP contribution in [0.2, 0.25) is 0 Å². The van der Waals surface area contributed by atoms with Crippen LogP contribution in [0.15, 0.2) is 65.7 Å². The molecule has 5 aromatic rings. The Hall–Kier alpha value is -3.02. The third-order valence-corrected chi connectivity index (χ3v) is 8.17. The molecule has 0 atom stereocenters. The smallest absolute Gasteiger partial charge is 0.127 e. The van der Waals surface area contributed by atoms with Crippen LogP contribution in [0.25, 0.3) is 31.6 Å². The van der Waals surface area contributed by atoms with Gasteiger partial charge in [0, 0.05) is 16.7 Å². The van der Waals surface area contributed by atoms with Gasteiger partial charge in [0.2, 0.25) is 0 Å². The Morgan fingerprint density at radius 3 is 2.68 bits per heavy atom. The van der Waals surface area contributed by atoms with E-state index in [1.165, 1.54) is 33.5 Å². The summed E-state index contributed by atoms with van der Waals surface area (Å²) in [5.41, 5.74) is 4.42. The number of hydrogen-bond donors (Lipinski definition) is 1. The highest BCUT2D eigenvalue weighted by molar-refractivity contribution is 7.22. The SMILES string of the molecule is Oc1ccc2ccccc2c1/C=N/c1sc2c(c1-c1nc3ccccc3s1)CCCC2. The number of nitrogens with zero attached hydrogens (tertiary/aromatic N) is 2. The Kier molecular flexibility index (Phi) is 4.59. The first-order valence-corrected chi connectivity index (χ1v) is 12.2. The van der Waals surface area contributed by atoms with Crippen LogP contribution < -0.4 is 0 Å². The molecule has 0 unspecified atom stereocenters. The van der Waals surface area contributed by atoms with Crippen molar-refractivity contribution in [3.05, 3.63) is 76.7 Å². The molecular weight excluding hydrogens is 420 g/mol. The second-order valence-corrected chi connectivity index (χ2v) is 9.97. The van der Waals surface area contributed by atoms with Crippen molar-refractivity contribution in [1.29, 1.82) is 0 Å². The van der Waals surface area contributed by atoms with Gasteiger partial charge in [0.1, 0.15) is 15.8 Å². The van der Waals surface area contributed by atoms with Gasteiger partial charge in [-0.05, 0) is 60.2 Å². The summed E-state index contributed by atoms with van der Waals surface area (Å²) in [5.74, 6) is 0.255. The maximum absolute atomic E-state index is 10.5. The van der Waals surface area contributed by atoms with Crippen LogP contribution in [-0.2, 0) is 12.8 Å². The molecule has 0 aliphatic heterocycles. The number of aromatic hydroxyl groups is 1. The van der Waals surface area contributed by atoms with Crippen LogP contribution in [0.4, 0.5) is 5.00 Å². The fourth-order valence-electron chi connectivity index (χ4n) is 4.39. The lowest BCUT2D eigenvalue weighted by Crippen LogP contribution is -1.99. The average molecular weight is 441 g/mol. The Bertz CT molecular complexity index is 1430. The molecule has 2 heterocycles. The van der Waals surface area contributed by atoms with Gasteiger partial charge >= 0.3 is 0 Å². The van der Waals surface area contributed by atoms with E-state index in [1.54, 1.807) is 28.7 Å². The fourth-order valence-corrected chi connectivity index (χ4v) is 6.72. The quantitative estimate of drug-likeness (QED) is 0.295. The van der Waals surface area contributed by atoms with Crippen molar-refractivity contribution in [2.75, 3.05) is 0 Å². The van der Waals surface area contributed by atoms with Gasteiger partial charge in [0.05, 0.1) is 15.8 Å². The van der Waals surface area contributed by atoms with Crippen LogP contribution in [0.3, 0.4) is 0 Å². The van der Waals surface area contributed by atoms with Gasteiger partial charge in [0.15, 0.2) is 0 Å². The number of hydrogen-bond acceptors (Lipinski definition) is 5. The molecule has 31 heavy (non-hydrogen) atoms. The third-order valence-electron chi connectivity index (χ3n) is 5.92. The summed E-state index contributed by atoms with van der Waals surface area (Å²) in [6.45, 7) is 0. The van der Waals surface area contributed by atoms with Gasteiger partial charge in [-0.1, -0.05) is 42.5 Å². The molecule has 0 spiro atoms. The minimum absolute atomic E-state index is 0.255. The van der Waals surface area contributed by atoms with Gasteiger partial charge < -0.3 is 5.11 Å². The molecule has 2 aromatic heterocycles. The van der Waals surface area contributed by atoms with Gasteiger partial charge in [-0.2, -0.15) is 0 Å². The first-order chi connectivity index (χ1) is 15.3. The average Bonchev–Trinajstić information content (AvgIpc) is 3.39. The maximum Gasteiger partial charge on any atom is 0.127 e. The van der Waals surface area contributed by atoms with Crippen molar-refractivity contribution < 1.29 is 5.11 Å². The second-order valence-electron chi connectivity index (χ2n) is 7.86. The fraction of sp³-hybridized carbons (Fsp3) is 0.154. The Labute approximate surface area is 188 Å². The Morgan fingerprint density at radius 2 is 1.74 bits per heavy atom. The molecule has 0 saturated carbocycles. The Morgan fingerprint density at radius 1 is 0.903 bits per heavy atom. The van der Waals surface area contributed by atoms with E-state index >= 15 is 0 Å². The number of phenolic OH excluding ortho intramolecular Hbond substituents is 1. The number of thiazole rings is 1. The van der Waals surface area contributed by atoms with Crippen molar-refractivity contribution in [3.8, 4) is 16.3 Å². The predicted molar refractivity (Wildman–Crippen MR) is 132 cm³/mol. The lowest BCUT2D eigenvalue weighted by molar-refractivity contribution is 0.475. The van der Waals surface area contributed by atoms with E-state index in [2.05, 4.69) is 24.3 Å². The standard InChI is InChI=1S/C26H20N2OS2/c29-21-14-13-16-7-1-2-8-17(16)19(21)15-27-25-24(18-9-3-5-11-22(18)30-25)26-28-20-10-4-6-12-23(20)31-26/h1-2,4,6-8,10,12-15,29H,3,5,9,11H2/b27-15+. The summed E-state index contributed by atoms with van der Waals surface area (Å²) >= 11 is 3.53. The minimum Gasteiger partial charge on any atom is -0.507 e. The highest BCUT2D eigenvalue weighted by Crippen LogP contribution is 2.47. The van der Waals surface area contributed by atoms with E-state index in [9.17, 15) is 5.11 Å². The van der Waals surface area contributed by atoms with E-state index in [0.717, 1.165) is 44.7 Å². The van der Waals surface area contributed by atoms with Crippen LogP contribution in [-0.4, -0.2) is 16.3 Å². The molecule has 1 aliphatic carbocycles. The van der Waals surface area contributed by atoms with E-state index in [1.807, 2.05) is 36.5 Å². The van der Waals surface area contributed by atoms with Crippen molar-refractivity contribution in [1.82, 2.24) is 4.98 Å². The minimum atomic E-state index is 0.255. The van der Waals surface area contributed by atoms with Crippen LogP contribution in [0.5, 0.6) is 5.75 Å². The largest absolute Gasteiger partial charge is 0.507 e. The highest BCUT2D eigenvalue weighted by Gasteiger charge is 2.24. The number of aryl methyl sites for hydroxylation is 1. The van der Waals surface area contributed by atoms with Crippen LogP contribution in [0, 0.1) is 0 Å². The van der Waals surface area contributed by atoms with Crippen molar-refractivity contribution >= 4 is 54.9 Å². The van der Waals surface area contributed by atoms with Crippen molar-refractivity contribution in [3.63, 3.8) is 0 Å². The summed E-state index contributed by atoms with van der Waals surface area (Å²) in [7, 11) is 0. The number of phenols is 1. The lowest BCUT2D eigenvalue weighted by Gasteiger charge is -2.11. The molecule has 5 heteroatoms. The van der Waals surface area contributed by atoms with E-state index in [0.29, 0.717) is 0 Å². The highest BCUT2D eigenvalue weighted by atomic mass is 32.1. The third kappa shape index (κ3) is 3.25. The van der Waals surface area contributed by atoms with E-state index in [4.69, 9.17) is 9.98 Å². The first-order valence-electron chi connectivity index (χ1n) is 10.5. The van der Waals surface area contributed by atoms with Crippen LogP contribution >= 0.6 is 22.7 Å². The number of aliphatic imine (C=N–C) groups is 1. The molecule has 1 N–H and O–H groups in total. The zero-order valence-electron chi connectivity index (χ0n) is 16.8. The second kappa shape index (κ2) is 7.59. The normalized spacial score (nSPS) is 13.9. The lowest BCUT2D eigenvalue weighted by atomic mass is 9.96. The van der Waals surface area contributed by atoms with Crippen LogP contribution in [0.1, 0.15) is 28.8 Å². The number of benzene rings is 3. The van der Waals surface area contributed by atoms with E-state index < -0.39 is 0 Å². The number of aromatic nitrogens is 1. The topological polar surface area (TPSA) is 45.5 Å². The molecule has 6 rings (SSSR count). The van der Waals surface area contributed by atoms with Crippen molar-refractivity contribution in [2.45, 2.75) is 25.7 Å². The molecule has 0 radical (unpaired) electrons. The molecule has 3 nitrogen and oxygen atoms in total. The summed E-state index contributed by atoms with van der Waals surface area (Å²) in [6, 6.07) is 20.1. The van der Waals surface area contributed by atoms with Gasteiger partial charge in [-0.25, -0.2) is 9.98 Å². The molecule has 0 fully saturated rings. The molecule has 0 amide bonds. The monoisotopic (exact) mass is 440 g/mol. The molecule has 3 aromatic carbocycles. The number of para-hydroxylation sites is 1. The van der Waals surface area contributed by atoms with Gasteiger partial charge in [-0.15, -0.1) is 22.7 Å². The first kappa shape index (κ1) is 18.7. The zero-order valence-corrected chi connectivity index (χ0v) is 18.5. The summed E-state index contributed by atoms with van der Waals surface area (Å²) in [5, 5.41) is 14.7. The number of rotatable bonds is 3. The number of fused-ring (bicyclic) bond motifs is 3. The van der Waals surface area contributed by atoms with Gasteiger partial charge in [0.25, 0.3) is 0 Å². The van der Waals surface area contributed by atoms with Crippen molar-refractivity contribution in [2.24, 2.45) is 4.99 Å². The summed E-state index contributed by atoms with van der Waals surface area (Å²) < 4.78 is 1.20. The summed E-state index contributed by atoms with van der Waals surface area (Å²) in [4.78, 5) is 11.3. The molecule has 0 saturated heterocycles. The predicted octanol–water partition coefficient (Wildman–Crippen LogP) is 7.51. The Balaban J connectivity index is 1.52. The zero-order chi connectivity index (χ0) is 20.8.